The Morgan fingerprint density at radius 1 is 1.11 bits per heavy atom. The van der Waals surface area contributed by atoms with E-state index in [4.69, 9.17) is 0 Å². The monoisotopic (exact) mass is 412 g/mol. The van der Waals surface area contributed by atoms with E-state index in [2.05, 4.69) is 4.72 Å². The number of nitrogens with one attached hydrogen (secondary N) is 1. The van der Waals surface area contributed by atoms with Crippen LogP contribution in [0.2, 0.25) is 0 Å². The highest BCUT2D eigenvalue weighted by Crippen LogP contribution is 2.32. The number of carbonyl (C=O) groups is 1. The minimum absolute atomic E-state index is 0.0466. The number of anilines is 2. The van der Waals surface area contributed by atoms with E-state index in [0.717, 1.165) is 29.7 Å². The molecular formula is C21H20N2O3S2. The molecule has 1 N–H and O–H groups in total. The van der Waals surface area contributed by atoms with Crippen molar-refractivity contribution in [1.29, 1.82) is 0 Å². The Kier molecular flexibility index (Phi) is 4.95. The Morgan fingerprint density at radius 2 is 1.96 bits per heavy atom. The minimum atomic E-state index is -3.69. The van der Waals surface area contributed by atoms with Gasteiger partial charge in [-0.05, 0) is 66.6 Å². The number of aryl methyl sites for hydroxylation is 2. The van der Waals surface area contributed by atoms with E-state index in [1.54, 1.807) is 35.2 Å². The van der Waals surface area contributed by atoms with Crippen LogP contribution in [-0.2, 0) is 16.4 Å². The molecule has 1 aliphatic rings. The van der Waals surface area contributed by atoms with Crippen LogP contribution in [0, 0.1) is 6.92 Å². The van der Waals surface area contributed by atoms with Gasteiger partial charge in [0.2, 0.25) is 0 Å². The van der Waals surface area contributed by atoms with E-state index >= 15 is 0 Å². The lowest BCUT2D eigenvalue weighted by Crippen LogP contribution is -2.35. The molecule has 0 atom stereocenters. The first-order chi connectivity index (χ1) is 13.4. The Hall–Kier alpha value is -2.64. The second-order valence-electron chi connectivity index (χ2n) is 6.80. The van der Waals surface area contributed by atoms with Gasteiger partial charge in [0, 0.05) is 12.2 Å². The summed E-state index contributed by atoms with van der Waals surface area (Å²) in [7, 11) is -3.69. The molecule has 2 aromatic carbocycles. The lowest BCUT2D eigenvalue weighted by Gasteiger charge is -2.29. The van der Waals surface area contributed by atoms with Gasteiger partial charge in [-0.3, -0.25) is 9.52 Å². The van der Waals surface area contributed by atoms with Crippen LogP contribution in [0.25, 0.3) is 0 Å². The molecule has 1 amide bonds. The Labute approximate surface area is 168 Å². The third-order valence-corrected chi connectivity index (χ3v) is 6.97. The Balaban J connectivity index is 1.66. The number of thiophene rings is 1. The Bertz CT molecular complexity index is 1120. The van der Waals surface area contributed by atoms with Crippen LogP contribution in [0.1, 0.15) is 27.2 Å². The van der Waals surface area contributed by atoms with E-state index in [9.17, 15) is 13.2 Å². The molecule has 5 nitrogen and oxygen atoms in total. The largest absolute Gasteiger partial charge is 0.307 e. The number of hydrogen-bond donors (Lipinski definition) is 1. The smallest absolute Gasteiger partial charge is 0.268 e. The maximum absolute atomic E-state index is 12.9. The van der Waals surface area contributed by atoms with Gasteiger partial charge in [0.1, 0.15) is 0 Å². The van der Waals surface area contributed by atoms with Gasteiger partial charge in [-0.2, -0.15) is 0 Å². The molecule has 28 heavy (non-hydrogen) atoms. The van der Waals surface area contributed by atoms with Gasteiger partial charge in [-0.15, -0.1) is 11.3 Å². The van der Waals surface area contributed by atoms with Crippen molar-refractivity contribution < 1.29 is 13.2 Å². The summed E-state index contributed by atoms with van der Waals surface area (Å²) in [4.78, 5) is 15.5. The number of carbonyl (C=O) groups excluding carboxylic acids is 1. The molecule has 0 bridgehead atoms. The SMILES string of the molecule is Cc1cccc(S(=O)(=O)Nc2ccc3c(c2)N(C(=O)c2cccs2)CCC3)c1. The fraction of sp³-hybridized carbons (Fsp3) is 0.190. The zero-order valence-electron chi connectivity index (χ0n) is 15.4. The molecule has 1 aliphatic heterocycles. The van der Waals surface area contributed by atoms with Crippen molar-refractivity contribution in [2.45, 2.75) is 24.7 Å². The molecule has 0 fully saturated rings. The summed E-state index contributed by atoms with van der Waals surface area (Å²) in [6.07, 6.45) is 1.76. The average Bonchev–Trinajstić information content (AvgIpc) is 3.21. The van der Waals surface area contributed by atoms with Gasteiger partial charge in [0.25, 0.3) is 15.9 Å². The quantitative estimate of drug-likeness (QED) is 0.688. The molecule has 2 heterocycles. The van der Waals surface area contributed by atoms with Crippen molar-refractivity contribution in [2.75, 3.05) is 16.2 Å². The van der Waals surface area contributed by atoms with E-state index < -0.39 is 10.0 Å². The maximum atomic E-state index is 12.9. The molecule has 1 aromatic heterocycles. The zero-order chi connectivity index (χ0) is 19.7. The summed E-state index contributed by atoms with van der Waals surface area (Å²) in [5.74, 6) is -0.0466. The fourth-order valence-electron chi connectivity index (χ4n) is 3.38. The molecule has 144 valence electrons. The molecule has 0 radical (unpaired) electrons. The molecule has 0 aliphatic carbocycles. The molecule has 0 spiro atoms. The van der Waals surface area contributed by atoms with Crippen LogP contribution in [0.4, 0.5) is 11.4 Å². The van der Waals surface area contributed by atoms with Crippen LogP contribution >= 0.6 is 11.3 Å². The maximum Gasteiger partial charge on any atom is 0.268 e. The van der Waals surface area contributed by atoms with Gasteiger partial charge in [0.05, 0.1) is 15.5 Å². The van der Waals surface area contributed by atoms with E-state index in [-0.39, 0.29) is 10.8 Å². The highest BCUT2D eigenvalue weighted by molar-refractivity contribution is 7.92. The van der Waals surface area contributed by atoms with Crippen molar-refractivity contribution in [1.82, 2.24) is 0 Å². The number of amides is 1. The predicted octanol–water partition coefficient (Wildman–Crippen LogP) is 4.45. The number of benzene rings is 2. The van der Waals surface area contributed by atoms with E-state index in [1.807, 2.05) is 36.6 Å². The van der Waals surface area contributed by atoms with Crippen molar-refractivity contribution in [3.8, 4) is 0 Å². The minimum Gasteiger partial charge on any atom is -0.307 e. The molecule has 0 saturated heterocycles. The second-order valence-corrected chi connectivity index (χ2v) is 9.43. The average molecular weight is 413 g/mol. The number of fused-ring (bicyclic) bond motifs is 1. The third kappa shape index (κ3) is 3.68. The highest BCUT2D eigenvalue weighted by atomic mass is 32.2. The predicted molar refractivity (Wildman–Crippen MR) is 113 cm³/mol. The van der Waals surface area contributed by atoms with Crippen LogP contribution in [0.15, 0.2) is 64.9 Å². The van der Waals surface area contributed by atoms with Gasteiger partial charge in [-0.25, -0.2) is 8.42 Å². The summed E-state index contributed by atoms with van der Waals surface area (Å²) in [6.45, 7) is 2.48. The van der Waals surface area contributed by atoms with E-state index in [1.165, 1.54) is 11.3 Å². The Morgan fingerprint density at radius 3 is 2.71 bits per heavy atom. The number of sulfonamides is 1. The van der Waals surface area contributed by atoms with Crippen molar-refractivity contribution >= 4 is 38.6 Å². The zero-order valence-corrected chi connectivity index (χ0v) is 17.0. The summed E-state index contributed by atoms with van der Waals surface area (Å²) >= 11 is 1.41. The van der Waals surface area contributed by atoms with Gasteiger partial charge < -0.3 is 4.90 Å². The first-order valence-electron chi connectivity index (χ1n) is 9.02. The van der Waals surface area contributed by atoms with Crippen molar-refractivity contribution in [2.24, 2.45) is 0 Å². The summed E-state index contributed by atoms with van der Waals surface area (Å²) in [5, 5.41) is 1.88. The van der Waals surface area contributed by atoms with Crippen LogP contribution in [0.3, 0.4) is 0 Å². The third-order valence-electron chi connectivity index (χ3n) is 4.73. The molecule has 0 unspecified atom stereocenters. The second kappa shape index (κ2) is 7.41. The van der Waals surface area contributed by atoms with Crippen LogP contribution in [-0.4, -0.2) is 20.9 Å². The summed E-state index contributed by atoms with van der Waals surface area (Å²) in [5.41, 5.74) is 3.15. The van der Waals surface area contributed by atoms with Gasteiger partial charge in [0.15, 0.2) is 0 Å². The molecule has 3 aromatic rings. The normalized spacial score (nSPS) is 13.8. The lowest BCUT2D eigenvalue weighted by molar-refractivity contribution is 0.0989. The first kappa shape index (κ1) is 18.7. The summed E-state index contributed by atoms with van der Waals surface area (Å²) in [6, 6.07) is 15.9. The molecule has 7 heteroatoms. The molecule has 0 saturated carbocycles. The fourth-order valence-corrected chi connectivity index (χ4v) is 5.20. The number of nitrogens with zero attached hydrogens (tertiary/aromatic N) is 1. The molecular weight excluding hydrogens is 392 g/mol. The van der Waals surface area contributed by atoms with Crippen LogP contribution < -0.4 is 9.62 Å². The summed E-state index contributed by atoms with van der Waals surface area (Å²) < 4.78 is 28.1. The van der Waals surface area contributed by atoms with Crippen molar-refractivity contribution in [3.63, 3.8) is 0 Å². The number of hydrogen-bond acceptors (Lipinski definition) is 4. The van der Waals surface area contributed by atoms with Crippen molar-refractivity contribution in [3.05, 3.63) is 76.0 Å². The highest BCUT2D eigenvalue weighted by Gasteiger charge is 2.25. The van der Waals surface area contributed by atoms with E-state index in [0.29, 0.717) is 17.1 Å². The van der Waals surface area contributed by atoms with Crippen LogP contribution in [0.5, 0.6) is 0 Å². The number of rotatable bonds is 4. The van der Waals surface area contributed by atoms with Gasteiger partial charge in [-0.1, -0.05) is 24.3 Å². The first-order valence-corrected chi connectivity index (χ1v) is 11.4. The standard InChI is InChI=1S/C21H20N2O3S2/c1-15-5-2-7-18(13-15)28(25,26)22-17-10-9-16-6-3-11-23(19(16)14-17)21(24)20-8-4-12-27-20/h2,4-5,7-10,12-14,22H,3,6,11H2,1H3. The lowest BCUT2D eigenvalue weighted by atomic mass is 10.0. The topological polar surface area (TPSA) is 66.5 Å². The molecule has 4 rings (SSSR count). The van der Waals surface area contributed by atoms with Gasteiger partial charge >= 0.3 is 0 Å².